The Morgan fingerprint density at radius 1 is 1.32 bits per heavy atom. The number of anilines is 2. The monoisotopic (exact) mass is 363 g/mol. The smallest absolute Gasteiger partial charge is 0.257 e. The summed E-state index contributed by atoms with van der Waals surface area (Å²) in [7, 11) is 1.65. The van der Waals surface area contributed by atoms with Crippen molar-refractivity contribution in [3.63, 3.8) is 0 Å². The van der Waals surface area contributed by atoms with Gasteiger partial charge in [-0.25, -0.2) is 4.98 Å². The fourth-order valence-electron chi connectivity index (χ4n) is 1.88. The van der Waals surface area contributed by atoms with E-state index in [0.717, 1.165) is 15.7 Å². The van der Waals surface area contributed by atoms with Crippen LogP contribution < -0.4 is 10.6 Å². The van der Waals surface area contributed by atoms with Gasteiger partial charge in [-0.1, -0.05) is 15.9 Å². The van der Waals surface area contributed by atoms with Gasteiger partial charge in [0.05, 0.1) is 12.2 Å². The molecule has 116 valence electrons. The van der Waals surface area contributed by atoms with Gasteiger partial charge in [-0.15, -0.1) is 0 Å². The molecule has 0 aliphatic carbocycles. The third kappa shape index (κ3) is 4.54. The summed E-state index contributed by atoms with van der Waals surface area (Å²) in [4.78, 5) is 16.4. The Bertz CT molecular complexity index is 644. The van der Waals surface area contributed by atoms with Crippen molar-refractivity contribution < 1.29 is 9.53 Å². The number of carbonyl (C=O) groups is 1. The maximum Gasteiger partial charge on any atom is 0.257 e. The first kappa shape index (κ1) is 16.5. The number of aryl methyl sites for hydroxylation is 1. The first-order valence-corrected chi connectivity index (χ1v) is 7.66. The highest BCUT2D eigenvalue weighted by Crippen LogP contribution is 2.20. The molecule has 0 saturated heterocycles. The van der Waals surface area contributed by atoms with Gasteiger partial charge in [-0.2, -0.15) is 0 Å². The Morgan fingerprint density at radius 3 is 2.77 bits per heavy atom. The van der Waals surface area contributed by atoms with Crippen molar-refractivity contribution in [2.24, 2.45) is 0 Å². The number of methoxy groups -OCH3 is 1. The molecule has 0 saturated carbocycles. The quantitative estimate of drug-likeness (QED) is 0.771. The number of pyridine rings is 1. The van der Waals surface area contributed by atoms with E-state index >= 15 is 0 Å². The Morgan fingerprint density at radius 2 is 2.14 bits per heavy atom. The zero-order chi connectivity index (χ0) is 15.9. The van der Waals surface area contributed by atoms with E-state index in [-0.39, 0.29) is 5.91 Å². The number of nitrogens with zero attached hydrogens (tertiary/aromatic N) is 1. The Labute approximate surface area is 138 Å². The number of rotatable bonds is 6. The minimum atomic E-state index is -0.179. The molecule has 0 aliphatic heterocycles. The highest BCUT2D eigenvalue weighted by Gasteiger charge is 2.08. The molecule has 2 aromatic rings. The summed E-state index contributed by atoms with van der Waals surface area (Å²) in [6.07, 6.45) is 1.55. The fraction of sp³-hybridized carbons (Fsp3) is 0.250. The minimum absolute atomic E-state index is 0.179. The molecule has 0 aliphatic rings. The van der Waals surface area contributed by atoms with Crippen molar-refractivity contribution in [2.45, 2.75) is 6.92 Å². The molecule has 6 heteroatoms. The largest absolute Gasteiger partial charge is 0.383 e. The normalized spacial score (nSPS) is 10.3. The molecule has 2 N–H and O–H groups in total. The molecule has 0 bridgehead atoms. The minimum Gasteiger partial charge on any atom is -0.383 e. The predicted octanol–water partition coefficient (Wildman–Crippen LogP) is 3.46. The van der Waals surface area contributed by atoms with Crippen LogP contribution in [0.3, 0.4) is 0 Å². The van der Waals surface area contributed by atoms with E-state index in [4.69, 9.17) is 4.74 Å². The lowest BCUT2D eigenvalue weighted by atomic mass is 10.2. The highest BCUT2D eigenvalue weighted by atomic mass is 79.9. The van der Waals surface area contributed by atoms with E-state index in [1.165, 1.54) is 0 Å². The molecular weight excluding hydrogens is 346 g/mol. The van der Waals surface area contributed by atoms with Gasteiger partial charge in [0.2, 0.25) is 0 Å². The zero-order valence-corrected chi connectivity index (χ0v) is 14.1. The third-order valence-corrected chi connectivity index (χ3v) is 3.57. The lowest BCUT2D eigenvalue weighted by Crippen LogP contribution is -2.14. The summed E-state index contributed by atoms with van der Waals surface area (Å²) in [5.41, 5.74) is 2.30. The fourth-order valence-corrected chi connectivity index (χ4v) is 2.35. The van der Waals surface area contributed by atoms with E-state index in [0.29, 0.717) is 24.5 Å². The van der Waals surface area contributed by atoms with Crippen LogP contribution >= 0.6 is 15.9 Å². The summed E-state index contributed by atoms with van der Waals surface area (Å²) in [5.74, 6) is 0.537. The van der Waals surface area contributed by atoms with Gasteiger partial charge in [0, 0.05) is 30.0 Å². The number of carbonyl (C=O) groups excluding carboxylic acids is 1. The van der Waals surface area contributed by atoms with Crippen LogP contribution in [-0.2, 0) is 4.74 Å². The van der Waals surface area contributed by atoms with Gasteiger partial charge in [0.25, 0.3) is 5.91 Å². The van der Waals surface area contributed by atoms with E-state index in [2.05, 4.69) is 31.5 Å². The third-order valence-electron chi connectivity index (χ3n) is 3.07. The molecule has 2 rings (SSSR count). The predicted molar refractivity (Wildman–Crippen MR) is 91.4 cm³/mol. The summed E-state index contributed by atoms with van der Waals surface area (Å²) < 4.78 is 5.94. The van der Waals surface area contributed by atoms with Crippen LogP contribution in [0.2, 0.25) is 0 Å². The van der Waals surface area contributed by atoms with Gasteiger partial charge in [-0.3, -0.25) is 4.79 Å². The Hall–Kier alpha value is -1.92. The van der Waals surface area contributed by atoms with Crippen LogP contribution in [0.15, 0.2) is 41.0 Å². The second-order valence-electron chi connectivity index (χ2n) is 4.77. The zero-order valence-electron chi connectivity index (χ0n) is 12.5. The van der Waals surface area contributed by atoms with E-state index in [1.54, 1.807) is 25.4 Å². The lowest BCUT2D eigenvalue weighted by molar-refractivity contribution is 0.102. The lowest BCUT2D eigenvalue weighted by Gasteiger charge is -2.09. The van der Waals surface area contributed by atoms with Crippen molar-refractivity contribution >= 4 is 33.3 Å². The number of aromatic nitrogens is 1. The number of amides is 1. The molecule has 0 atom stereocenters. The standard InChI is InChI=1S/C16H18BrN3O2/c1-11-9-13(17)4-5-14(11)20-16(21)12-3-6-15(19-10-12)18-7-8-22-2/h3-6,9-10H,7-8H2,1-2H3,(H,18,19)(H,20,21). The van der Waals surface area contributed by atoms with E-state index in [9.17, 15) is 4.79 Å². The van der Waals surface area contributed by atoms with Crippen molar-refractivity contribution in [3.05, 3.63) is 52.1 Å². The topological polar surface area (TPSA) is 63.2 Å². The van der Waals surface area contributed by atoms with Crippen LogP contribution in [0.4, 0.5) is 11.5 Å². The summed E-state index contributed by atoms with van der Waals surface area (Å²) >= 11 is 3.40. The second kappa shape index (κ2) is 7.91. The SMILES string of the molecule is COCCNc1ccc(C(=O)Nc2ccc(Br)cc2C)cn1. The molecular formula is C16H18BrN3O2. The number of halogens is 1. The number of ether oxygens (including phenoxy) is 1. The molecule has 1 heterocycles. The number of hydrogen-bond acceptors (Lipinski definition) is 4. The van der Waals surface area contributed by atoms with Crippen LogP contribution in [0.25, 0.3) is 0 Å². The molecule has 22 heavy (non-hydrogen) atoms. The van der Waals surface area contributed by atoms with Gasteiger partial charge in [0.1, 0.15) is 5.82 Å². The average Bonchev–Trinajstić information content (AvgIpc) is 2.51. The molecule has 0 spiro atoms. The molecule has 0 unspecified atom stereocenters. The number of benzene rings is 1. The maximum absolute atomic E-state index is 12.2. The van der Waals surface area contributed by atoms with E-state index in [1.807, 2.05) is 25.1 Å². The maximum atomic E-state index is 12.2. The molecule has 1 aromatic heterocycles. The van der Waals surface area contributed by atoms with Crippen LogP contribution in [0, 0.1) is 6.92 Å². The van der Waals surface area contributed by atoms with Crippen molar-refractivity contribution in [1.29, 1.82) is 0 Å². The van der Waals surface area contributed by atoms with Crippen LogP contribution in [0.1, 0.15) is 15.9 Å². The van der Waals surface area contributed by atoms with Gasteiger partial charge in [-0.05, 0) is 42.8 Å². The second-order valence-corrected chi connectivity index (χ2v) is 5.68. The van der Waals surface area contributed by atoms with Gasteiger partial charge < -0.3 is 15.4 Å². The number of hydrogen-bond donors (Lipinski definition) is 2. The van der Waals surface area contributed by atoms with Gasteiger partial charge >= 0.3 is 0 Å². The summed E-state index contributed by atoms with van der Waals surface area (Å²) in [6, 6.07) is 9.23. The molecule has 0 fully saturated rings. The Kier molecular flexibility index (Phi) is 5.91. The first-order chi connectivity index (χ1) is 10.6. The van der Waals surface area contributed by atoms with Crippen molar-refractivity contribution in [2.75, 3.05) is 30.9 Å². The molecule has 5 nitrogen and oxygen atoms in total. The van der Waals surface area contributed by atoms with Crippen LogP contribution in [0.5, 0.6) is 0 Å². The van der Waals surface area contributed by atoms with Gasteiger partial charge in [0.15, 0.2) is 0 Å². The molecule has 1 aromatic carbocycles. The molecule has 1 amide bonds. The summed E-state index contributed by atoms with van der Waals surface area (Å²) in [5, 5.41) is 5.99. The molecule has 0 radical (unpaired) electrons. The van der Waals surface area contributed by atoms with Crippen LogP contribution in [-0.4, -0.2) is 31.2 Å². The Balaban J connectivity index is 2.00. The number of nitrogens with one attached hydrogen (secondary N) is 2. The van der Waals surface area contributed by atoms with E-state index < -0.39 is 0 Å². The first-order valence-electron chi connectivity index (χ1n) is 6.86. The van der Waals surface area contributed by atoms with Crippen molar-refractivity contribution in [1.82, 2.24) is 4.98 Å². The highest BCUT2D eigenvalue weighted by molar-refractivity contribution is 9.10. The average molecular weight is 364 g/mol. The van der Waals surface area contributed by atoms with Crippen molar-refractivity contribution in [3.8, 4) is 0 Å². The summed E-state index contributed by atoms with van der Waals surface area (Å²) in [6.45, 7) is 3.22.